The summed E-state index contributed by atoms with van der Waals surface area (Å²) < 4.78 is 103. The van der Waals surface area contributed by atoms with Gasteiger partial charge in [0, 0.05) is 28.1 Å². The van der Waals surface area contributed by atoms with Crippen LogP contribution in [0, 0.1) is 11.7 Å². The van der Waals surface area contributed by atoms with Crippen molar-refractivity contribution in [3.8, 4) is 17.2 Å². The van der Waals surface area contributed by atoms with Crippen molar-refractivity contribution in [2.24, 2.45) is 5.92 Å². The number of rotatable bonds is 4. The Morgan fingerprint density at radius 3 is 2.92 bits per heavy atom. The van der Waals surface area contributed by atoms with Gasteiger partial charge in [-0.05, 0) is 48.6 Å². The molecule has 1 unspecified atom stereocenters. The number of hydrogen-bond acceptors (Lipinski definition) is 4. The summed E-state index contributed by atoms with van der Waals surface area (Å²) >= 11 is 0. The van der Waals surface area contributed by atoms with Crippen molar-refractivity contribution in [1.82, 2.24) is 5.32 Å². The molecule has 2 aliphatic heterocycles. The van der Waals surface area contributed by atoms with Crippen LogP contribution in [0.1, 0.15) is 30.2 Å². The van der Waals surface area contributed by atoms with Gasteiger partial charge in [-0.3, -0.25) is 0 Å². The first-order valence-corrected chi connectivity index (χ1v) is 7.29. The summed E-state index contributed by atoms with van der Waals surface area (Å²) in [7, 11) is 0. The summed E-state index contributed by atoms with van der Waals surface area (Å²) in [6, 6.07) is 8.36. The highest BCUT2D eigenvalue weighted by atomic mass is 19.1. The third-order valence-electron chi connectivity index (χ3n) is 3.64. The molecule has 2 heterocycles. The molecule has 126 valence electrons. The molecule has 4 nitrogen and oxygen atoms in total. The summed E-state index contributed by atoms with van der Waals surface area (Å²) in [5.41, 5.74) is -0.115. The van der Waals surface area contributed by atoms with Crippen molar-refractivity contribution in [2.75, 3.05) is 26.3 Å². The lowest BCUT2D eigenvalue weighted by Gasteiger charge is -2.32. The largest absolute Gasteiger partial charge is 0.493 e. The monoisotopic (exact) mass is 338 g/mol. The maximum atomic E-state index is 13.5. The third-order valence-corrected chi connectivity index (χ3v) is 3.64. The van der Waals surface area contributed by atoms with Crippen LogP contribution in [0.2, 0.25) is 0 Å². The molecule has 4 rings (SSSR count). The maximum Gasteiger partial charge on any atom is 0.231 e. The average molecular weight is 338 g/mol. The Morgan fingerprint density at radius 2 is 2.04 bits per heavy atom. The van der Waals surface area contributed by atoms with E-state index in [2.05, 4.69) is 0 Å². The van der Waals surface area contributed by atoms with Crippen LogP contribution in [0.4, 0.5) is 4.39 Å². The van der Waals surface area contributed by atoms with Crippen molar-refractivity contribution in [3.63, 3.8) is 0 Å². The summed E-state index contributed by atoms with van der Waals surface area (Å²) in [5, 5.41) is 2.02. The quantitative estimate of drug-likeness (QED) is 0.928. The molecule has 2 aromatic rings. The molecule has 1 saturated heterocycles. The van der Waals surface area contributed by atoms with Gasteiger partial charge in [0.15, 0.2) is 11.5 Å². The van der Waals surface area contributed by atoms with Gasteiger partial charge in [0.2, 0.25) is 6.75 Å². The fraction of sp³-hybridized carbons (Fsp3) is 0.368. The van der Waals surface area contributed by atoms with Crippen LogP contribution in [-0.2, 0) is 0 Å². The Morgan fingerprint density at radius 1 is 1.21 bits per heavy atom. The molecule has 0 aliphatic carbocycles. The number of nitrogens with one attached hydrogen (secondary N) is 1. The average Bonchev–Trinajstić information content (AvgIpc) is 2.99. The topological polar surface area (TPSA) is 39.7 Å². The fourth-order valence-electron chi connectivity index (χ4n) is 2.44. The van der Waals surface area contributed by atoms with E-state index in [1.54, 1.807) is 0 Å². The second-order valence-electron chi connectivity index (χ2n) is 5.20. The molecule has 2 aliphatic rings. The van der Waals surface area contributed by atoms with E-state index < -0.39 is 50.3 Å². The van der Waals surface area contributed by atoms with Gasteiger partial charge in [0.05, 0.1) is 6.61 Å². The lowest BCUT2D eigenvalue weighted by molar-refractivity contribution is 0.173. The molecular formula is C19H20FNO3. The summed E-state index contributed by atoms with van der Waals surface area (Å²) in [4.78, 5) is 0. The van der Waals surface area contributed by atoms with Crippen LogP contribution in [0.3, 0.4) is 0 Å². The Kier molecular flexibility index (Phi) is 2.29. The van der Waals surface area contributed by atoms with E-state index in [1.807, 2.05) is 5.32 Å². The normalized spacial score (nSPS) is 39.4. The summed E-state index contributed by atoms with van der Waals surface area (Å²) in [6.45, 7) is -8.46. The molecule has 1 N–H and O–H groups in total. The van der Waals surface area contributed by atoms with E-state index >= 15 is 0 Å². The highest BCUT2D eigenvalue weighted by molar-refractivity contribution is 5.46. The first-order chi connectivity index (χ1) is 15.1. The number of piperidine rings is 1. The molecule has 2 atom stereocenters. The van der Waals surface area contributed by atoms with Gasteiger partial charge in [-0.1, -0.05) is 12.1 Å². The van der Waals surface area contributed by atoms with Crippen molar-refractivity contribution >= 4 is 0 Å². The Labute approximate surface area is 153 Å². The van der Waals surface area contributed by atoms with Crippen LogP contribution in [-0.4, -0.2) is 26.3 Å². The van der Waals surface area contributed by atoms with Gasteiger partial charge in [-0.2, -0.15) is 0 Å². The predicted octanol–water partition coefficient (Wildman–Crippen LogP) is 3.33. The van der Waals surface area contributed by atoms with Crippen molar-refractivity contribution < 1.29 is 30.9 Å². The van der Waals surface area contributed by atoms with Gasteiger partial charge >= 0.3 is 0 Å². The Balaban J connectivity index is 1.71. The van der Waals surface area contributed by atoms with E-state index in [9.17, 15) is 4.39 Å². The lowest BCUT2D eigenvalue weighted by atomic mass is 9.81. The van der Waals surface area contributed by atoms with Gasteiger partial charge < -0.3 is 19.5 Å². The first kappa shape index (κ1) is 8.21. The van der Waals surface area contributed by atoms with Crippen LogP contribution in [0.5, 0.6) is 17.2 Å². The molecule has 0 aromatic heterocycles. The summed E-state index contributed by atoms with van der Waals surface area (Å²) in [5.74, 6) is -4.46. The number of hydrogen-bond donors (Lipinski definition) is 1. The second-order valence-corrected chi connectivity index (χ2v) is 5.20. The molecular weight excluding hydrogens is 309 g/mol. The van der Waals surface area contributed by atoms with E-state index in [4.69, 9.17) is 26.5 Å². The van der Waals surface area contributed by atoms with Crippen LogP contribution in [0.25, 0.3) is 0 Å². The zero-order valence-corrected chi connectivity index (χ0v) is 12.4. The number of halogens is 1. The Hall–Kier alpha value is -2.27. The molecule has 0 bridgehead atoms. The van der Waals surface area contributed by atoms with Crippen LogP contribution < -0.4 is 19.5 Å². The van der Waals surface area contributed by atoms with Crippen molar-refractivity contribution in [2.45, 2.75) is 12.3 Å². The molecule has 2 aromatic carbocycles. The number of benzene rings is 2. The molecule has 0 spiro atoms. The number of fused-ring (bicyclic) bond motifs is 1. The fourth-order valence-corrected chi connectivity index (χ4v) is 2.44. The maximum absolute atomic E-state index is 13.5. The SMILES string of the molecule is [2H]C1([2H])Oc2ccc(OC[C@@H]3C([2H])([2H])NC([2H])([2H])C([2H])([2H])C3([2H])c3ccc(F)cc3)cc2O1. The van der Waals surface area contributed by atoms with Gasteiger partial charge in [-0.25, -0.2) is 4.39 Å². The van der Waals surface area contributed by atoms with Crippen molar-refractivity contribution in [3.05, 3.63) is 53.8 Å². The van der Waals surface area contributed by atoms with Gasteiger partial charge in [-0.15, -0.1) is 0 Å². The van der Waals surface area contributed by atoms with Gasteiger partial charge in [0.1, 0.15) is 14.3 Å². The molecule has 24 heavy (non-hydrogen) atoms. The van der Waals surface area contributed by atoms with E-state index in [0.29, 0.717) is 0 Å². The van der Waals surface area contributed by atoms with Crippen LogP contribution >= 0.6 is 0 Å². The molecule has 1 fully saturated rings. The molecule has 0 radical (unpaired) electrons. The van der Waals surface area contributed by atoms with Crippen LogP contribution in [0.15, 0.2) is 42.5 Å². The molecule has 0 saturated carbocycles. The highest BCUT2D eigenvalue weighted by Crippen LogP contribution is 2.36. The molecule has 0 amide bonds. The van der Waals surface area contributed by atoms with E-state index in [1.165, 1.54) is 18.2 Å². The minimum Gasteiger partial charge on any atom is -0.493 e. The van der Waals surface area contributed by atoms with E-state index in [0.717, 1.165) is 24.3 Å². The van der Waals surface area contributed by atoms with Crippen molar-refractivity contribution in [1.29, 1.82) is 0 Å². The highest BCUT2D eigenvalue weighted by Gasteiger charge is 2.27. The Bertz CT molecular complexity index is 1070. The zero-order chi connectivity index (χ0) is 24.4. The third kappa shape index (κ3) is 3.17. The number of ether oxygens (including phenoxy) is 3. The minimum atomic E-state index is -2.96. The van der Waals surface area contributed by atoms with E-state index in [-0.39, 0.29) is 22.8 Å². The second kappa shape index (κ2) is 6.69. The molecule has 5 heteroatoms. The van der Waals surface area contributed by atoms with Gasteiger partial charge in [0.25, 0.3) is 0 Å². The summed E-state index contributed by atoms with van der Waals surface area (Å²) in [6.07, 6.45) is -2.96. The minimum absolute atomic E-state index is 0.0459. The lowest BCUT2D eigenvalue weighted by Crippen LogP contribution is -2.38. The first-order valence-electron chi connectivity index (χ1n) is 11.8. The smallest absolute Gasteiger partial charge is 0.231 e. The predicted molar refractivity (Wildman–Crippen MR) is 88.2 cm³/mol. The standard InChI is InChI=1S/C19H20FNO3/c20-15-3-1-13(2-4-15)17-7-8-21-10-14(17)11-22-16-5-6-18-19(9-16)24-12-23-18/h1-6,9,14,17,21H,7-8,10-12H2/t14-,17?/m0/s1/i7D2,8D2,10D2,12D2,17D. The zero-order valence-electron chi connectivity index (χ0n) is 21.4.